The number of hydrogen-bond donors (Lipinski definition) is 3. The van der Waals surface area contributed by atoms with Gasteiger partial charge in [0.05, 0.1) is 17.4 Å². The van der Waals surface area contributed by atoms with Gasteiger partial charge in [-0.1, -0.05) is 12.1 Å². The summed E-state index contributed by atoms with van der Waals surface area (Å²) >= 11 is 0. The number of aromatic amines is 1. The van der Waals surface area contributed by atoms with E-state index < -0.39 is 5.60 Å². The predicted octanol–water partition coefficient (Wildman–Crippen LogP) is 1.14. The highest BCUT2D eigenvalue weighted by molar-refractivity contribution is 5.77. The summed E-state index contributed by atoms with van der Waals surface area (Å²) in [5.41, 5.74) is -0.0183. The van der Waals surface area contributed by atoms with Crippen molar-refractivity contribution in [3.63, 3.8) is 0 Å². The molecule has 1 atom stereocenters. The summed E-state index contributed by atoms with van der Waals surface area (Å²) in [5, 5.41) is 6.14. The molecule has 9 nitrogen and oxygen atoms in total. The summed E-state index contributed by atoms with van der Waals surface area (Å²) in [4.78, 5) is 44.9. The Labute approximate surface area is 161 Å². The molecule has 1 aromatic heterocycles. The lowest BCUT2D eigenvalue weighted by Crippen LogP contribution is -2.42. The number of carbonyl (C=O) groups excluding carboxylic acids is 2. The van der Waals surface area contributed by atoms with Gasteiger partial charge in [-0.2, -0.15) is 0 Å². The predicted molar refractivity (Wildman–Crippen MR) is 102 cm³/mol. The van der Waals surface area contributed by atoms with Gasteiger partial charge < -0.3 is 25.3 Å². The van der Waals surface area contributed by atoms with Crippen LogP contribution in [0.5, 0.6) is 0 Å². The fourth-order valence-corrected chi connectivity index (χ4v) is 3.80. The van der Waals surface area contributed by atoms with Gasteiger partial charge in [-0.3, -0.25) is 4.79 Å². The van der Waals surface area contributed by atoms with Crippen molar-refractivity contribution in [3.05, 3.63) is 40.4 Å². The molecule has 0 radical (unpaired) electrons. The molecule has 1 unspecified atom stereocenters. The average molecular weight is 385 g/mol. The van der Waals surface area contributed by atoms with E-state index in [0.717, 1.165) is 12.8 Å². The van der Waals surface area contributed by atoms with Gasteiger partial charge >= 0.3 is 12.1 Å². The van der Waals surface area contributed by atoms with Gasteiger partial charge in [-0.25, -0.2) is 14.6 Å². The first-order valence-electron chi connectivity index (χ1n) is 9.52. The SMILES string of the molecule is O=C1NCC2(CCCN(C(=O)NCCc3nc4ccccc4c(=O)[nH]3)CC2)O1. The first-order valence-corrected chi connectivity index (χ1v) is 9.52. The zero-order valence-corrected chi connectivity index (χ0v) is 15.5. The van der Waals surface area contributed by atoms with Gasteiger partial charge in [0.25, 0.3) is 5.56 Å². The molecule has 2 aliphatic heterocycles. The molecule has 0 aliphatic carbocycles. The fourth-order valence-electron chi connectivity index (χ4n) is 3.80. The van der Waals surface area contributed by atoms with Crippen LogP contribution in [0, 0.1) is 0 Å². The lowest BCUT2D eigenvalue weighted by Gasteiger charge is -2.25. The van der Waals surface area contributed by atoms with E-state index >= 15 is 0 Å². The van der Waals surface area contributed by atoms with Crippen molar-refractivity contribution >= 4 is 23.0 Å². The number of nitrogens with zero attached hydrogens (tertiary/aromatic N) is 2. The highest BCUT2D eigenvalue weighted by Crippen LogP contribution is 2.29. The lowest BCUT2D eigenvalue weighted by atomic mass is 9.95. The molecule has 2 aromatic rings. The van der Waals surface area contributed by atoms with Crippen LogP contribution in [0.15, 0.2) is 29.1 Å². The van der Waals surface area contributed by atoms with Crippen molar-refractivity contribution in [2.75, 3.05) is 26.2 Å². The summed E-state index contributed by atoms with van der Waals surface area (Å²) in [6.45, 7) is 2.03. The maximum absolute atomic E-state index is 12.5. The van der Waals surface area contributed by atoms with E-state index in [1.54, 1.807) is 23.1 Å². The molecule has 3 amide bonds. The van der Waals surface area contributed by atoms with Crippen LogP contribution >= 0.6 is 0 Å². The number of H-pyrrole nitrogens is 1. The third kappa shape index (κ3) is 3.78. The molecule has 2 aliphatic rings. The zero-order chi connectivity index (χ0) is 19.6. The van der Waals surface area contributed by atoms with Gasteiger partial charge in [-0.15, -0.1) is 0 Å². The second-order valence-corrected chi connectivity index (χ2v) is 7.28. The third-order valence-electron chi connectivity index (χ3n) is 5.35. The Balaban J connectivity index is 1.31. The van der Waals surface area contributed by atoms with Crippen LogP contribution < -0.4 is 16.2 Å². The molecule has 3 N–H and O–H groups in total. The molecule has 3 heterocycles. The number of fused-ring (bicyclic) bond motifs is 1. The summed E-state index contributed by atoms with van der Waals surface area (Å²) < 4.78 is 5.43. The first kappa shape index (κ1) is 18.3. The van der Waals surface area contributed by atoms with Crippen molar-refractivity contribution < 1.29 is 14.3 Å². The molecule has 4 rings (SSSR count). The van der Waals surface area contributed by atoms with Gasteiger partial charge in [0.1, 0.15) is 11.4 Å². The molecule has 0 saturated carbocycles. The molecule has 9 heteroatoms. The van der Waals surface area contributed by atoms with Crippen LogP contribution in [-0.2, 0) is 11.2 Å². The number of likely N-dealkylation sites (tertiary alicyclic amines) is 1. The summed E-state index contributed by atoms with van der Waals surface area (Å²) in [6.07, 6.45) is 2.21. The minimum absolute atomic E-state index is 0.155. The number of para-hydroxylation sites is 1. The van der Waals surface area contributed by atoms with Crippen molar-refractivity contribution in [2.24, 2.45) is 0 Å². The molecule has 1 aromatic carbocycles. The molecule has 1 spiro atoms. The molecule has 148 valence electrons. The molecular formula is C19H23N5O4. The Bertz CT molecular complexity index is 959. The quantitative estimate of drug-likeness (QED) is 0.733. The smallest absolute Gasteiger partial charge is 0.407 e. The summed E-state index contributed by atoms with van der Waals surface area (Å²) in [6, 6.07) is 7.01. The first-order chi connectivity index (χ1) is 13.5. The van der Waals surface area contributed by atoms with Gasteiger partial charge in [0.2, 0.25) is 0 Å². The van der Waals surface area contributed by atoms with E-state index in [1.165, 1.54) is 0 Å². The molecule has 2 saturated heterocycles. The number of carbonyl (C=O) groups is 2. The number of aromatic nitrogens is 2. The Morgan fingerprint density at radius 1 is 1.25 bits per heavy atom. The number of ether oxygens (including phenoxy) is 1. The molecule has 28 heavy (non-hydrogen) atoms. The van der Waals surface area contributed by atoms with Crippen molar-refractivity contribution in [1.29, 1.82) is 0 Å². The number of rotatable bonds is 3. The normalized spacial score (nSPS) is 22.0. The van der Waals surface area contributed by atoms with Gasteiger partial charge in [-0.05, 0) is 25.0 Å². The number of amides is 3. The zero-order valence-electron chi connectivity index (χ0n) is 15.5. The number of nitrogens with one attached hydrogen (secondary N) is 3. The minimum atomic E-state index is -0.486. The van der Waals surface area contributed by atoms with Crippen molar-refractivity contribution in [3.8, 4) is 0 Å². The molecule has 2 fully saturated rings. The van der Waals surface area contributed by atoms with Crippen LogP contribution in [0.25, 0.3) is 10.9 Å². The highest BCUT2D eigenvalue weighted by Gasteiger charge is 2.41. The Morgan fingerprint density at radius 3 is 2.93 bits per heavy atom. The average Bonchev–Trinajstić information content (AvgIpc) is 2.92. The minimum Gasteiger partial charge on any atom is -0.441 e. The van der Waals surface area contributed by atoms with E-state index in [9.17, 15) is 14.4 Å². The number of urea groups is 1. The van der Waals surface area contributed by atoms with E-state index in [-0.39, 0.29) is 17.7 Å². The van der Waals surface area contributed by atoms with Crippen molar-refractivity contribution in [2.45, 2.75) is 31.3 Å². The number of hydrogen-bond acceptors (Lipinski definition) is 5. The van der Waals surface area contributed by atoms with Gasteiger partial charge in [0.15, 0.2) is 0 Å². The lowest BCUT2D eigenvalue weighted by molar-refractivity contribution is 0.0453. The molecule has 0 bridgehead atoms. The fraction of sp³-hybridized carbons (Fsp3) is 0.474. The van der Waals surface area contributed by atoms with Crippen molar-refractivity contribution in [1.82, 2.24) is 25.5 Å². The second-order valence-electron chi connectivity index (χ2n) is 7.28. The highest BCUT2D eigenvalue weighted by atomic mass is 16.6. The monoisotopic (exact) mass is 385 g/mol. The third-order valence-corrected chi connectivity index (χ3v) is 5.35. The summed E-state index contributed by atoms with van der Waals surface area (Å²) in [5.74, 6) is 0.544. The Morgan fingerprint density at radius 2 is 2.11 bits per heavy atom. The van der Waals surface area contributed by atoms with E-state index in [4.69, 9.17) is 4.74 Å². The van der Waals surface area contributed by atoms with Crippen LogP contribution in [0.2, 0.25) is 0 Å². The van der Waals surface area contributed by atoms with E-state index in [2.05, 4.69) is 20.6 Å². The maximum atomic E-state index is 12.5. The standard InChI is InChI=1S/C19H23N5O4/c25-16-13-4-1-2-5-14(13)22-15(23-16)6-9-20-17(26)24-10-3-7-19(8-11-24)12-21-18(27)28-19/h1-2,4-5H,3,6-12H2,(H,20,26)(H,21,27)(H,22,23,25). The number of benzene rings is 1. The largest absolute Gasteiger partial charge is 0.441 e. The Kier molecular flexibility index (Phi) is 4.89. The second kappa shape index (κ2) is 7.49. The van der Waals surface area contributed by atoms with Crippen LogP contribution in [0.1, 0.15) is 25.1 Å². The number of alkyl carbamates (subject to hydrolysis) is 1. The van der Waals surface area contributed by atoms with E-state index in [1.807, 2.05) is 6.07 Å². The van der Waals surface area contributed by atoms with Gasteiger partial charge in [0, 0.05) is 32.5 Å². The van der Waals surface area contributed by atoms with Crippen LogP contribution in [0.4, 0.5) is 9.59 Å². The van der Waals surface area contributed by atoms with E-state index in [0.29, 0.717) is 55.7 Å². The topological polar surface area (TPSA) is 116 Å². The van der Waals surface area contributed by atoms with Crippen LogP contribution in [0.3, 0.4) is 0 Å². The maximum Gasteiger partial charge on any atom is 0.407 e. The van der Waals surface area contributed by atoms with Crippen LogP contribution in [-0.4, -0.2) is 58.8 Å². The molecular weight excluding hydrogens is 362 g/mol. The Hall–Kier alpha value is -3.10. The summed E-state index contributed by atoms with van der Waals surface area (Å²) in [7, 11) is 0.